The molecule has 0 aromatic rings. The third-order valence-electron chi connectivity index (χ3n) is 3.32. The van der Waals surface area contributed by atoms with Crippen LogP contribution in [0.1, 0.15) is 19.3 Å². The summed E-state index contributed by atoms with van der Waals surface area (Å²) < 4.78 is 27.5. The lowest BCUT2D eigenvalue weighted by Gasteiger charge is -2.33. The zero-order chi connectivity index (χ0) is 15.2. The number of hydrogen-bond donors (Lipinski definition) is 2. The first-order chi connectivity index (χ1) is 9.33. The lowest BCUT2D eigenvalue weighted by atomic mass is 10.1. The first-order valence-electron chi connectivity index (χ1n) is 6.78. The van der Waals surface area contributed by atoms with Crippen molar-refractivity contribution in [1.82, 2.24) is 4.90 Å². The van der Waals surface area contributed by atoms with Crippen molar-refractivity contribution in [3.8, 4) is 0 Å². The van der Waals surface area contributed by atoms with E-state index in [-0.39, 0.29) is 30.8 Å². The Morgan fingerprint density at radius 2 is 2.05 bits per heavy atom. The van der Waals surface area contributed by atoms with Gasteiger partial charge in [0.2, 0.25) is 5.91 Å². The maximum absolute atomic E-state index is 12.1. The summed E-state index contributed by atoms with van der Waals surface area (Å²) in [6.07, 6.45) is 2.78. The second-order valence-electron chi connectivity index (χ2n) is 5.14. The first-order valence-corrected chi connectivity index (χ1v) is 8.84. The predicted molar refractivity (Wildman–Crippen MR) is 74.9 cm³/mol. The molecule has 1 rings (SSSR count). The molecule has 1 fully saturated rings. The number of amides is 1. The number of aliphatic hydroxyl groups excluding tert-OH is 1. The van der Waals surface area contributed by atoms with Gasteiger partial charge in [-0.25, -0.2) is 8.42 Å². The molecule has 0 saturated carbocycles. The Bertz CT molecular complexity index is 404. The fourth-order valence-electron chi connectivity index (χ4n) is 2.16. The van der Waals surface area contributed by atoms with Crippen molar-refractivity contribution in [3.05, 3.63) is 0 Å². The summed E-state index contributed by atoms with van der Waals surface area (Å²) in [5.41, 5.74) is 5.75. The summed E-state index contributed by atoms with van der Waals surface area (Å²) in [6, 6.07) is -0.764. The number of likely N-dealkylation sites (tertiary alicyclic amines) is 1. The van der Waals surface area contributed by atoms with Gasteiger partial charge in [0, 0.05) is 19.3 Å². The van der Waals surface area contributed by atoms with Gasteiger partial charge in [0.25, 0.3) is 0 Å². The maximum atomic E-state index is 12.1. The molecule has 0 aromatic carbocycles. The number of hydrogen-bond acceptors (Lipinski definition) is 6. The second kappa shape index (κ2) is 7.92. The van der Waals surface area contributed by atoms with Crippen LogP contribution in [0.25, 0.3) is 0 Å². The van der Waals surface area contributed by atoms with Crippen LogP contribution >= 0.6 is 0 Å². The number of carbonyl (C=O) groups excluding carboxylic acids is 1. The van der Waals surface area contributed by atoms with Crippen molar-refractivity contribution in [3.63, 3.8) is 0 Å². The van der Waals surface area contributed by atoms with Crippen LogP contribution in [-0.4, -0.2) is 74.8 Å². The molecule has 7 nitrogen and oxygen atoms in total. The molecule has 1 aliphatic heterocycles. The van der Waals surface area contributed by atoms with Crippen LogP contribution in [-0.2, 0) is 19.4 Å². The molecule has 1 atom stereocenters. The molecule has 118 valence electrons. The van der Waals surface area contributed by atoms with Gasteiger partial charge >= 0.3 is 0 Å². The highest BCUT2D eigenvalue weighted by atomic mass is 32.2. The molecule has 20 heavy (non-hydrogen) atoms. The second-order valence-corrected chi connectivity index (χ2v) is 7.40. The van der Waals surface area contributed by atoms with Crippen molar-refractivity contribution in [2.75, 3.05) is 38.3 Å². The van der Waals surface area contributed by atoms with Crippen LogP contribution in [0.4, 0.5) is 0 Å². The number of piperidine rings is 1. The number of carbonyl (C=O) groups is 1. The van der Waals surface area contributed by atoms with Crippen LogP contribution < -0.4 is 5.73 Å². The summed E-state index contributed by atoms with van der Waals surface area (Å²) in [7, 11) is -3.10. The van der Waals surface area contributed by atoms with Gasteiger partial charge in [0.15, 0.2) is 0 Å². The van der Waals surface area contributed by atoms with E-state index in [1.807, 2.05) is 0 Å². The van der Waals surface area contributed by atoms with Crippen molar-refractivity contribution < 1.29 is 23.1 Å². The van der Waals surface area contributed by atoms with E-state index in [0.29, 0.717) is 32.5 Å². The molecular formula is C12H24N2O5S. The van der Waals surface area contributed by atoms with E-state index in [1.165, 1.54) is 0 Å². The number of aliphatic hydroxyl groups is 1. The van der Waals surface area contributed by atoms with Gasteiger partial charge in [0.05, 0.1) is 31.1 Å². The lowest BCUT2D eigenvalue weighted by molar-refractivity contribution is -0.135. The minimum atomic E-state index is -3.10. The van der Waals surface area contributed by atoms with Crippen molar-refractivity contribution in [2.45, 2.75) is 31.4 Å². The summed E-state index contributed by atoms with van der Waals surface area (Å²) >= 11 is 0. The van der Waals surface area contributed by atoms with Crippen LogP contribution in [0.15, 0.2) is 0 Å². The quantitative estimate of drug-likeness (QED) is 0.608. The monoisotopic (exact) mass is 308 g/mol. The van der Waals surface area contributed by atoms with E-state index in [1.54, 1.807) is 4.90 Å². The maximum Gasteiger partial charge on any atom is 0.239 e. The average molecular weight is 308 g/mol. The molecule has 0 spiro atoms. The zero-order valence-corrected chi connectivity index (χ0v) is 12.6. The van der Waals surface area contributed by atoms with Gasteiger partial charge in [-0.1, -0.05) is 0 Å². The Labute approximate surface area is 120 Å². The Balaban J connectivity index is 2.34. The number of nitrogens with two attached hydrogens (primary N) is 1. The lowest BCUT2D eigenvalue weighted by Crippen LogP contribution is -2.48. The van der Waals surface area contributed by atoms with Gasteiger partial charge in [-0.05, 0) is 19.3 Å². The highest BCUT2D eigenvalue weighted by Crippen LogP contribution is 2.14. The van der Waals surface area contributed by atoms with Gasteiger partial charge in [-0.2, -0.15) is 0 Å². The predicted octanol–water partition coefficient (Wildman–Crippen LogP) is -1.25. The number of nitrogens with zero attached hydrogens (tertiary/aromatic N) is 1. The molecule has 1 unspecified atom stereocenters. The number of sulfone groups is 1. The number of ether oxygens (including phenoxy) is 1. The highest BCUT2D eigenvalue weighted by Gasteiger charge is 2.26. The summed E-state index contributed by atoms with van der Waals surface area (Å²) in [6.45, 7) is 1.42. The van der Waals surface area contributed by atoms with Gasteiger partial charge < -0.3 is 20.5 Å². The fourth-order valence-corrected chi connectivity index (χ4v) is 2.84. The summed E-state index contributed by atoms with van der Waals surface area (Å²) in [5.74, 6) is -0.273. The van der Waals surface area contributed by atoms with E-state index in [9.17, 15) is 13.2 Å². The highest BCUT2D eigenvalue weighted by molar-refractivity contribution is 7.90. The normalized spacial score (nSPS) is 19.1. The molecular weight excluding hydrogens is 284 g/mol. The molecule has 1 amide bonds. The van der Waals surface area contributed by atoms with E-state index >= 15 is 0 Å². The van der Waals surface area contributed by atoms with Crippen LogP contribution in [0.3, 0.4) is 0 Å². The first kappa shape index (κ1) is 17.4. The van der Waals surface area contributed by atoms with E-state index in [4.69, 9.17) is 15.6 Å². The number of rotatable bonds is 7. The topological polar surface area (TPSA) is 110 Å². The minimum Gasteiger partial charge on any atom is -0.394 e. The molecule has 8 heteroatoms. The third-order valence-corrected chi connectivity index (χ3v) is 4.29. The molecule has 1 heterocycles. The van der Waals surface area contributed by atoms with Gasteiger partial charge in [-0.3, -0.25) is 4.79 Å². The Hall–Kier alpha value is -0.700. The third kappa shape index (κ3) is 6.17. The van der Waals surface area contributed by atoms with Crippen LogP contribution in [0.2, 0.25) is 0 Å². The Morgan fingerprint density at radius 3 is 2.55 bits per heavy atom. The fraction of sp³-hybridized carbons (Fsp3) is 0.917. The average Bonchev–Trinajstić information content (AvgIpc) is 2.41. The molecule has 0 radical (unpaired) electrons. The van der Waals surface area contributed by atoms with E-state index in [0.717, 1.165) is 6.26 Å². The van der Waals surface area contributed by atoms with Crippen LogP contribution in [0.5, 0.6) is 0 Å². The van der Waals surface area contributed by atoms with Crippen molar-refractivity contribution in [2.24, 2.45) is 5.73 Å². The Kier molecular flexibility index (Phi) is 6.87. The van der Waals surface area contributed by atoms with E-state index in [2.05, 4.69) is 0 Å². The Morgan fingerprint density at radius 1 is 1.45 bits per heavy atom. The molecule has 3 N–H and O–H groups in total. The molecule has 0 aliphatic carbocycles. The molecule has 0 bridgehead atoms. The van der Waals surface area contributed by atoms with Crippen LogP contribution in [0, 0.1) is 0 Å². The van der Waals surface area contributed by atoms with Crippen molar-refractivity contribution >= 4 is 15.7 Å². The zero-order valence-electron chi connectivity index (χ0n) is 11.8. The SMILES string of the molecule is CS(=O)(=O)CCC(N)C(=O)N1CCC(OCCO)CC1. The summed E-state index contributed by atoms with van der Waals surface area (Å²) in [4.78, 5) is 13.7. The van der Waals surface area contributed by atoms with Gasteiger partial charge in [-0.15, -0.1) is 0 Å². The van der Waals surface area contributed by atoms with Gasteiger partial charge in [0.1, 0.15) is 9.84 Å². The minimum absolute atomic E-state index is 0.00445. The summed E-state index contributed by atoms with van der Waals surface area (Å²) in [5, 5.41) is 8.68. The standard InChI is InChI=1S/C12H24N2O5S/c1-20(17,18)9-4-11(13)12(16)14-5-2-10(3-6-14)19-8-7-15/h10-11,15H,2-9,13H2,1H3. The molecule has 0 aromatic heterocycles. The van der Waals surface area contributed by atoms with E-state index < -0.39 is 15.9 Å². The molecule has 1 aliphatic rings. The van der Waals surface area contributed by atoms with Crippen molar-refractivity contribution in [1.29, 1.82) is 0 Å². The smallest absolute Gasteiger partial charge is 0.239 e. The molecule has 1 saturated heterocycles. The largest absolute Gasteiger partial charge is 0.394 e.